The van der Waals surface area contributed by atoms with Gasteiger partial charge in [0, 0.05) is 42.7 Å². The van der Waals surface area contributed by atoms with Gasteiger partial charge in [-0.2, -0.15) is 0 Å². The fourth-order valence-corrected chi connectivity index (χ4v) is 11.7. The van der Waals surface area contributed by atoms with Crippen molar-refractivity contribution in [2.45, 2.75) is 42.7 Å². The Hall–Kier alpha value is -0.900. The minimum atomic E-state index is -4.38. The molecule has 2 N–H and O–H groups in total. The summed E-state index contributed by atoms with van der Waals surface area (Å²) < 4.78 is 41.7. The first-order valence-corrected chi connectivity index (χ1v) is 17.8. The Bertz CT molecular complexity index is 1210. The van der Waals surface area contributed by atoms with Crippen LogP contribution in [-0.2, 0) is 31.4 Å². The van der Waals surface area contributed by atoms with Crippen LogP contribution in [0.5, 0.6) is 0 Å². The van der Waals surface area contributed by atoms with Gasteiger partial charge < -0.3 is 14.8 Å². The quantitative estimate of drug-likeness (QED) is 0.0386. The highest BCUT2D eigenvalue weighted by atomic mass is 35.5. The molecule has 0 saturated heterocycles. The van der Waals surface area contributed by atoms with Crippen molar-refractivity contribution >= 4 is 72.8 Å². The van der Waals surface area contributed by atoms with Crippen molar-refractivity contribution in [1.82, 2.24) is 9.34 Å². The molecule has 0 fully saturated rings. The number of anilines is 1. The van der Waals surface area contributed by atoms with Crippen molar-refractivity contribution in [3.63, 3.8) is 0 Å². The highest BCUT2D eigenvalue weighted by Crippen LogP contribution is 2.82. The molecule has 2 rings (SSSR count). The molecule has 2 aromatic rings. The summed E-state index contributed by atoms with van der Waals surface area (Å²) in [6.07, 6.45) is 2.35. The minimum Gasteiger partial charge on any atom is -0.399 e. The van der Waals surface area contributed by atoms with Gasteiger partial charge >= 0.3 is 15.0 Å². The highest BCUT2D eigenvalue weighted by Gasteiger charge is 2.65. The van der Waals surface area contributed by atoms with E-state index in [9.17, 15) is 19.2 Å². The van der Waals surface area contributed by atoms with Crippen molar-refractivity contribution < 1.29 is 23.1 Å². The first-order valence-electron chi connectivity index (χ1n) is 12.8. The molecule has 2 atom stereocenters. The molecular formula is C25H36Cl4N4O6P2. The second-order valence-electron chi connectivity index (χ2n) is 9.32. The molecule has 0 radical (unpaired) electrons. The Morgan fingerprint density at radius 2 is 1.20 bits per heavy atom. The highest BCUT2D eigenvalue weighted by molar-refractivity contribution is 7.82. The minimum absolute atomic E-state index is 0.113. The summed E-state index contributed by atoms with van der Waals surface area (Å²) in [5.41, 5.74) is 7.33. The third kappa shape index (κ3) is 9.54. The number of hydrogen-bond acceptors (Lipinski definition) is 7. The van der Waals surface area contributed by atoms with E-state index in [1.54, 1.807) is 24.3 Å². The van der Waals surface area contributed by atoms with Gasteiger partial charge in [0.05, 0.1) is 18.1 Å². The molecule has 16 heteroatoms. The maximum atomic E-state index is 14.8. The van der Waals surface area contributed by atoms with Crippen LogP contribution in [0.2, 0.25) is 0 Å². The lowest BCUT2D eigenvalue weighted by Crippen LogP contribution is -2.35. The molecule has 2 unspecified atom stereocenters. The van der Waals surface area contributed by atoms with E-state index in [1.165, 1.54) is 47.7 Å². The largest absolute Gasteiger partial charge is 0.399 e. The summed E-state index contributed by atoms with van der Waals surface area (Å²) in [6, 6.07) is 12.3. The van der Waals surface area contributed by atoms with E-state index in [4.69, 9.17) is 61.2 Å². The van der Waals surface area contributed by atoms with Crippen LogP contribution in [0.4, 0.5) is 11.4 Å². The summed E-state index contributed by atoms with van der Waals surface area (Å²) in [5.74, 6) is 0.790. The number of nitro benzene ring substituents is 1. The number of halogens is 4. The fraction of sp³-hybridized carbons (Fsp3) is 0.520. The van der Waals surface area contributed by atoms with Gasteiger partial charge in [-0.05, 0) is 75.2 Å². The fourth-order valence-electron chi connectivity index (χ4n) is 3.71. The Morgan fingerprint density at radius 3 is 1.56 bits per heavy atom. The van der Waals surface area contributed by atoms with Crippen LogP contribution in [0.15, 0.2) is 48.5 Å². The molecule has 0 saturated carbocycles. The van der Waals surface area contributed by atoms with Gasteiger partial charge in [0.15, 0.2) is 0 Å². The van der Waals surface area contributed by atoms with E-state index < -0.39 is 23.8 Å². The average Bonchev–Trinajstić information content (AvgIpc) is 2.95. The first kappa shape index (κ1) is 36.3. The number of non-ortho nitro benzene ring substituents is 1. The predicted molar refractivity (Wildman–Crippen MR) is 168 cm³/mol. The van der Waals surface area contributed by atoms with Crippen LogP contribution in [0, 0.1) is 10.1 Å². The van der Waals surface area contributed by atoms with Crippen molar-refractivity contribution in [3.8, 4) is 0 Å². The van der Waals surface area contributed by atoms with Crippen molar-refractivity contribution in [2.75, 3.05) is 44.7 Å². The molecule has 0 bridgehead atoms. The zero-order valence-electron chi connectivity index (χ0n) is 23.0. The zero-order chi connectivity index (χ0) is 30.7. The zero-order valence-corrected chi connectivity index (χ0v) is 27.8. The summed E-state index contributed by atoms with van der Waals surface area (Å²) >= 11 is 25.6. The predicted octanol–water partition coefficient (Wildman–Crippen LogP) is 8.29. The normalized spacial score (nSPS) is 15.1. The molecule has 0 heterocycles. The van der Waals surface area contributed by atoms with Crippen LogP contribution in [0.1, 0.15) is 36.8 Å². The number of benzene rings is 2. The molecule has 41 heavy (non-hydrogen) atoms. The van der Waals surface area contributed by atoms with Gasteiger partial charge in [0.1, 0.15) is 0 Å². The third-order valence-corrected chi connectivity index (χ3v) is 15.4. The Labute approximate surface area is 261 Å². The molecule has 230 valence electrons. The maximum Gasteiger partial charge on any atom is 0.319 e. The van der Waals surface area contributed by atoms with E-state index in [-0.39, 0.29) is 32.0 Å². The van der Waals surface area contributed by atoms with Gasteiger partial charge in [0.2, 0.25) is 0 Å². The summed E-state index contributed by atoms with van der Waals surface area (Å²) in [7, 11) is -5.68. The molecular weight excluding hydrogens is 656 g/mol. The Morgan fingerprint density at radius 1 is 0.805 bits per heavy atom. The third-order valence-electron chi connectivity index (χ3n) is 6.25. The van der Waals surface area contributed by atoms with E-state index >= 15 is 0 Å². The lowest BCUT2D eigenvalue weighted by Gasteiger charge is -2.42. The van der Waals surface area contributed by atoms with Crippen LogP contribution in [-0.4, -0.2) is 57.0 Å². The monoisotopic (exact) mass is 690 g/mol. The van der Waals surface area contributed by atoms with Crippen LogP contribution >= 0.6 is 61.4 Å². The molecule has 0 aliphatic rings. The van der Waals surface area contributed by atoms with E-state index in [0.717, 1.165) is 0 Å². The van der Waals surface area contributed by atoms with Gasteiger partial charge in [-0.15, -0.1) is 23.2 Å². The van der Waals surface area contributed by atoms with Crippen LogP contribution in [0.3, 0.4) is 0 Å². The lowest BCUT2D eigenvalue weighted by atomic mass is 10.2. The van der Waals surface area contributed by atoms with Gasteiger partial charge in [-0.25, -0.2) is 9.34 Å². The number of nitrogens with zero attached hydrogens (tertiary/aromatic N) is 3. The number of rotatable bonds is 19. The number of nitrogens with two attached hydrogens (primary N) is 1. The number of unbranched alkanes of at least 4 members (excludes halogenated alkanes) is 2. The van der Waals surface area contributed by atoms with Gasteiger partial charge in [-0.1, -0.05) is 35.3 Å². The van der Waals surface area contributed by atoms with Gasteiger partial charge in [0.25, 0.3) is 9.50 Å². The summed E-state index contributed by atoms with van der Waals surface area (Å²) in [4.78, 5) is 10.5. The van der Waals surface area contributed by atoms with Gasteiger partial charge in [-0.3, -0.25) is 19.2 Å². The van der Waals surface area contributed by atoms with E-state index in [0.29, 0.717) is 54.3 Å². The first-order chi connectivity index (χ1) is 19.3. The van der Waals surface area contributed by atoms with Crippen LogP contribution in [0.25, 0.3) is 0 Å². The lowest BCUT2D eigenvalue weighted by molar-refractivity contribution is -0.384. The number of nitro groups is 1. The smallest absolute Gasteiger partial charge is 0.319 e. The summed E-state index contributed by atoms with van der Waals surface area (Å²) in [6.45, 7) is 0.0335. The summed E-state index contributed by atoms with van der Waals surface area (Å²) in [5, 5.41) is 11.0. The standard InChI is InChI=1S/C25H36Cl4N4O6P2/c1-31(17-5-3-15-26)40(36,38-19-21-7-11-23(30)12-8-21)25(28,29)41(37,32(2)18-6-4-16-27)39-20-22-9-13-24(14-10-22)33(34)35/h7-14H,3-6,15-20,30H2,1-2H3. The topological polar surface area (TPSA) is 128 Å². The molecule has 0 spiro atoms. The van der Waals surface area contributed by atoms with Crippen molar-refractivity contribution in [3.05, 3.63) is 69.8 Å². The van der Waals surface area contributed by atoms with Crippen molar-refractivity contribution in [1.29, 1.82) is 0 Å². The second-order valence-corrected chi connectivity index (χ2v) is 18.1. The second kappa shape index (κ2) is 16.8. The van der Waals surface area contributed by atoms with E-state index in [1.807, 2.05) is 0 Å². The molecule has 0 aliphatic carbocycles. The number of hydrogen-bond donors (Lipinski definition) is 1. The number of alkyl halides is 4. The molecule has 2 aromatic carbocycles. The average molecular weight is 692 g/mol. The van der Waals surface area contributed by atoms with E-state index in [2.05, 4.69) is 0 Å². The Balaban J connectivity index is 2.49. The van der Waals surface area contributed by atoms with Crippen molar-refractivity contribution in [2.24, 2.45) is 0 Å². The van der Waals surface area contributed by atoms with Crippen LogP contribution < -0.4 is 5.73 Å². The Kier molecular flexibility index (Phi) is 14.9. The SMILES string of the molecule is CN(CCCCCl)P(=O)(OCc1ccc(N)cc1)C(Cl)(Cl)P(=O)(OCc1ccc([N+](=O)[O-])cc1)N(C)CCCCCl. The molecule has 0 aliphatic heterocycles. The number of nitrogen functional groups attached to an aromatic ring is 1. The maximum absolute atomic E-state index is 14.8. The molecule has 0 amide bonds. The molecule has 0 aromatic heterocycles. The molecule has 10 nitrogen and oxygen atoms in total.